The standard InChI is InChI=1S/C20H32ClN5O/c1-3-22-20(23-14-16(2)25-9-11-27-12-10-25)24-18-7-8-26(15-18)19-6-4-5-17(21)13-19/h4-6,13,16,18H,3,7-12,14-15H2,1-2H3,(H2,22,23,24). The monoisotopic (exact) mass is 393 g/mol. The van der Waals surface area contributed by atoms with Crippen LogP contribution in [-0.4, -0.2) is 75.4 Å². The third-order valence-electron chi connectivity index (χ3n) is 5.23. The Hall–Kier alpha value is -1.50. The van der Waals surface area contributed by atoms with Gasteiger partial charge in [-0.15, -0.1) is 0 Å². The topological polar surface area (TPSA) is 52.1 Å². The Bertz CT molecular complexity index is 620. The van der Waals surface area contributed by atoms with Crippen LogP contribution in [0.25, 0.3) is 0 Å². The number of hydrogen-bond acceptors (Lipinski definition) is 4. The molecule has 2 N–H and O–H groups in total. The molecule has 1 aromatic rings. The second kappa shape index (κ2) is 10.2. The third kappa shape index (κ3) is 5.99. The molecule has 2 aliphatic rings. The molecule has 1 aromatic carbocycles. The van der Waals surface area contributed by atoms with Gasteiger partial charge >= 0.3 is 0 Å². The Kier molecular flexibility index (Phi) is 7.61. The maximum atomic E-state index is 6.14. The van der Waals surface area contributed by atoms with Gasteiger partial charge in [-0.05, 0) is 38.5 Å². The van der Waals surface area contributed by atoms with Gasteiger partial charge in [0.05, 0.1) is 19.8 Å². The predicted octanol–water partition coefficient (Wildman–Crippen LogP) is 2.19. The van der Waals surface area contributed by atoms with Crippen LogP contribution >= 0.6 is 11.6 Å². The van der Waals surface area contributed by atoms with Crippen LogP contribution < -0.4 is 15.5 Å². The minimum absolute atomic E-state index is 0.389. The largest absolute Gasteiger partial charge is 0.379 e. The van der Waals surface area contributed by atoms with E-state index in [0.717, 1.165) is 69.9 Å². The quantitative estimate of drug-likeness (QED) is 0.573. The number of rotatable bonds is 6. The van der Waals surface area contributed by atoms with Gasteiger partial charge in [0.15, 0.2) is 5.96 Å². The van der Waals surface area contributed by atoms with E-state index in [1.807, 2.05) is 18.2 Å². The maximum Gasteiger partial charge on any atom is 0.191 e. The molecule has 2 fully saturated rings. The fraction of sp³-hybridized carbons (Fsp3) is 0.650. The molecule has 0 aromatic heterocycles. The summed E-state index contributed by atoms with van der Waals surface area (Å²) in [5.74, 6) is 0.913. The van der Waals surface area contributed by atoms with Gasteiger partial charge in [0, 0.05) is 55.5 Å². The molecule has 2 saturated heterocycles. The summed E-state index contributed by atoms with van der Waals surface area (Å²) in [4.78, 5) is 9.67. The summed E-state index contributed by atoms with van der Waals surface area (Å²) in [6.07, 6.45) is 1.09. The normalized spacial score (nSPS) is 22.7. The summed E-state index contributed by atoms with van der Waals surface area (Å²) in [7, 11) is 0. The van der Waals surface area contributed by atoms with Gasteiger partial charge in [-0.3, -0.25) is 9.89 Å². The fourth-order valence-electron chi connectivity index (χ4n) is 3.66. The molecule has 2 atom stereocenters. The SMILES string of the molecule is CCNC(=NCC(C)N1CCOCC1)NC1CCN(c2cccc(Cl)c2)C1. The van der Waals surface area contributed by atoms with E-state index >= 15 is 0 Å². The van der Waals surface area contributed by atoms with Crippen LogP contribution in [0.2, 0.25) is 5.02 Å². The summed E-state index contributed by atoms with van der Waals surface area (Å²) in [6, 6.07) is 8.90. The summed E-state index contributed by atoms with van der Waals surface area (Å²) in [6.45, 7) is 11.6. The Morgan fingerprint density at radius 3 is 2.89 bits per heavy atom. The van der Waals surface area contributed by atoms with E-state index in [4.69, 9.17) is 21.3 Å². The van der Waals surface area contributed by atoms with Crippen LogP contribution in [0.5, 0.6) is 0 Å². The van der Waals surface area contributed by atoms with Gasteiger partial charge in [0.1, 0.15) is 0 Å². The Labute approximate surface area is 167 Å². The van der Waals surface area contributed by atoms with Gasteiger partial charge in [-0.2, -0.15) is 0 Å². The Balaban J connectivity index is 1.53. The minimum atomic E-state index is 0.389. The fourth-order valence-corrected chi connectivity index (χ4v) is 3.84. The molecule has 0 amide bonds. The first-order chi connectivity index (χ1) is 13.2. The van der Waals surface area contributed by atoms with E-state index in [1.165, 1.54) is 5.69 Å². The number of nitrogens with one attached hydrogen (secondary N) is 2. The van der Waals surface area contributed by atoms with E-state index in [-0.39, 0.29) is 0 Å². The molecule has 0 spiro atoms. The molecule has 0 bridgehead atoms. The van der Waals surface area contributed by atoms with Crippen molar-refractivity contribution in [3.8, 4) is 0 Å². The first-order valence-corrected chi connectivity index (χ1v) is 10.4. The lowest BCUT2D eigenvalue weighted by atomic mass is 10.2. The number of nitrogens with zero attached hydrogens (tertiary/aromatic N) is 3. The first kappa shape index (κ1) is 20.2. The molecule has 0 saturated carbocycles. The van der Waals surface area contributed by atoms with Crippen molar-refractivity contribution in [3.05, 3.63) is 29.3 Å². The Morgan fingerprint density at radius 2 is 2.15 bits per heavy atom. The molecule has 0 radical (unpaired) electrons. The number of aliphatic imine (C=N–C) groups is 1. The van der Waals surface area contributed by atoms with Crippen LogP contribution in [0, 0.1) is 0 Å². The molecule has 3 rings (SSSR count). The number of guanidine groups is 1. The average molecular weight is 394 g/mol. The molecule has 2 heterocycles. The molecule has 27 heavy (non-hydrogen) atoms. The molecule has 2 unspecified atom stereocenters. The smallest absolute Gasteiger partial charge is 0.191 e. The Morgan fingerprint density at radius 1 is 1.33 bits per heavy atom. The number of anilines is 1. The molecule has 6 nitrogen and oxygen atoms in total. The molecular weight excluding hydrogens is 362 g/mol. The molecule has 150 valence electrons. The van der Waals surface area contributed by atoms with E-state index < -0.39 is 0 Å². The summed E-state index contributed by atoms with van der Waals surface area (Å²) in [5, 5.41) is 7.79. The zero-order chi connectivity index (χ0) is 19.1. The highest BCUT2D eigenvalue weighted by Gasteiger charge is 2.24. The lowest BCUT2D eigenvalue weighted by Gasteiger charge is -2.31. The summed E-state index contributed by atoms with van der Waals surface area (Å²) >= 11 is 6.14. The lowest BCUT2D eigenvalue weighted by molar-refractivity contribution is 0.0220. The zero-order valence-corrected chi connectivity index (χ0v) is 17.2. The van der Waals surface area contributed by atoms with Crippen LogP contribution in [0.1, 0.15) is 20.3 Å². The van der Waals surface area contributed by atoms with Gasteiger partial charge in [0.25, 0.3) is 0 Å². The predicted molar refractivity (Wildman–Crippen MR) is 113 cm³/mol. The van der Waals surface area contributed by atoms with Crippen molar-refractivity contribution >= 4 is 23.2 Å². The van der Waals surface area contributed by atoms with Gasteiger partial charge in [-0.1, -0.05) is 17.7 Å². The second-order valence-corrected chi connectivity index (χ2v) is 7.71. The van der Waals surface area contributed by atoms with Crippen LogP contribution in [0.15, 0.2) is 29.3 Å². The van der Waals surface area contributed by atoms with Crippen LogP contribution in [0.3, 0.4) is 0 Å². The molecule has 7 heteroatoms. The van der Waals surface area contributed by atoms with Crippen molar-refractivity contribution in [2.45, 2.75) is 32.4 Å². The first-order valence-electron chi connectivity index (χ1n) is 10.0. The van der Waals surface area contributed by atoms with Crippen molar-refractivity contribution in [3.63, 3.8) is 0 Å². The molecule has 2 aliphatic heterocycles. The number of benzene rings is 1. The average Bonchev–Trinajstić information content (AvgIpc) is 3.15. The number of hydrogen-bond donors (Lipinski definition) is 2. The highest BCUT2D eigenvalue weighted by atomic mass is 35.5. The third-order valence-corrected chi connectivity index (χ3v) is 5.46. The van der Waals surface area contributed by atoms with Crippen molar-refractivity contribution < 1.29 is 4.74 Å². The van der Waals surface area contributed by atoms with Crippen molar-refractivity contribution in [2.24, 2.45) is 4.99 Å². The van der Waals surface area contributed by atoms with Crippen molar-refractivity contribution in [1.29, 1.82) is 0 Å². The van der Waals surface area contributed by atoms with E-state index in [9.17, 15) is 0 Å². The molecular formula is C20H32ClN5O. The van der Waals surface area contributed by atoms with E-state index in [0.29, 0.717) is 12.1 Å². The van der Waals surface area contributed by atoms with Gasteiger partial charge in [-0.25, -0.2) is 0 Å². The van der Waals surface area contributed by atoms with Crippen LogP contribution in [0.4, 0.5) is 5.69 Å². The maximum absolute atomic E-state index is 6.14. The highest BCUT2D eigenvalue weighted by molar-refractivity contribution is 6.30. The number of morpholine rings is 1. The summed E-state index contributed by atoms with van der Waals surface area (Å²) < 4.78 is 5.44. The minimum Gasteiger partial charge on any atom is -0.379 e. The lowest BCUT2D eigenvalue weighted by Crippen LogP contribution is -2.46. The second-order valence-electron chi connectivity index (χ2n) is 7.27. The number of ether oxygens (including phenoxy) is 1. The zero-order valence-electron chi connectivity index (χ0n) is 16.5. The van der Waals surface area contributed by atoms with Gasteiger partial charge in [0.2, 0.25) is 0 Å². The van der Waals surface area contributed by atoms with Crippen molar-refractivity contribution in [1.82, 2.24) is 15.5 Å². The van der Waals surface area contributed by atoms with E-state index in [1.54, 1.807) is 0 Å². The van der Waals surface area contributed by atoms with Gasteiger partial charge < -0.3 is 20.3 Å². The van der Waals surface area contributed by atoms with Crippen LogP contribution in [-0.2, 0) is 4.74 Å². The molecule has 0 aliphatic carbocycles. The highest BCUT2D eigenvalue weighted by Crippen LogP contribution is 2.23. The van der Waals surface area contributed by atoms with Crippen molar-refractivity contribution in [2.75, 3.05) is 57.4 Å². The number of halogens is 1. The summed E-state index contributed by atoms with van der Waals surface area (Å²) in [5.41, 5.74) is 1.19. The van der Waals surface area contributed by atoms with E-state index in [2.05, 4.69) is 40.3 Å².